The normalized spacial score (nSPS) is 14.4. The first kappa shape index (κ1) is 24.7. The highest BCUT2D eigenvalue weighted by Crippen LogP contribution is 2.33. The standard InChI is InChI=1S/C25H30N8O4/c1-15-18-12-19(28-24(35)20-14-37-25(29-20)17-3-6-27-21(26)11-17)23(32-7-4-16(13-34)5-8-32)30-22(18)33(31-15)9-10-36-2/h3,6,11-12,14,16,34H,4-5,7-10,13H2,1-2H3,(H2,26,27)(H,28,35). The molecule has 1 saturated heterocycles. The molecule has 0 aromatic carbocycles. The van der Waals surface area contributed by atoms with Crippen molar-refractivity contribution in [3.05, 3.63) is 42.0 Å². The van der Waals surface area contributed by atoms with E-state index < -0.39 is 5.91 Å². The lowest BCUT2D eigenvalue weighted by molar-refractivity contribution is 0.102. The minimum Gasteiger partial charge on any atom is -0.444 e. The van der Waals surface area contributed by atoms with Gasteiger partial charge in [0, 0.05) is 44.0 Å². The summed E-state index contributed by atoms with van der Waals surface area (Å²) in [6.45, 7) is 4.59. The van der Waals surface area contributed by atoms with Crippen LogP contribution in [0.25, 0.3) is 22.5 Å². The van der Waals surface area contributed by atoms with Gasteiger partial charge in [-0.25, -0.2) is 19.6 Å². The van der Waals surface area contributed by atoms with Crippen molar-refractivity contribution < 1.29 is 19.1 Å². The van der Waals surface area contributed by atoms with E-state index in [0.717, 1.165) is 42.7 Å². The number of aromatic nitrogens is 5. The molecule has 1 aliphatic heterocycles. The number of pyridine rings is 2. The van der Waals surface area contributed by atoms with Gasteiger partial charge in [-0.3, -0.25) is 4.79 Å². The molecule has 1 aliphatic rings. The Morgan fingerprint density at radius 1 is 1.30 bits per heavy atom. The zero-order valence-electron chi connectivity index (χ0n) is 20.8. The van der Waals surface area contributed by atoms with Gasteiger partial charge in [0.1, 0.15) is 12.1 Å². The number of amides is 1. The second-order valence-electron chi connectivity index (χ2n) is 9.11. The Kier molecular flexibility index (Phi) is 7.01. The zero-order valence-corrected chi connectivity index (χ0v) is 20.8. The number of hydrogen-bond donors (Lipinski definition) is 3. The van der Waals surface area contributed by atoms with Crippen molar-refractivity contribution in [2.75, 3.05) is 49.4 Å². The molecule has 0 saturated carbocycles. The predicted molar refractivity (Wildman–Crippen MR) is 138 cm³/mol. The fourth-order valence-corrected chi connectivity index (χ4v) is 4.51. The number of nitrogens with two attached hydrogens (primary N) is 1. The van der Waals surface area contributed by atoms with Crippen LogP contribution in [0.15, 0.2) is 35.1 Å². The maximum absolute atomic E-state index is 13.2. The highest BCUT2D eigenvalue weighted by molar-refractivity contribution is 6.05. The van der Waals surface area contributed by atoms with Crippen LogP contribution in [0.5, 0.6) is 0 Å². The van der Waals surface area contributed by atoms with Crippen LogP contribution in [0, 0.1) is 12.8 Å². The van der Waals surface area contributed by atoms with Crippen molar-refractivity contribution in [2.24, 2.45) is 5.92 Å². The lowest BCUT2D eigenvalue weighted by atomic mass is 9.98. The molecule has 0 spiro atoms. The van der Waals surface area contributed by atoms with E-state index in [1.807, 2.05) is 17.7 Å². The van der Waals surface area contributed by atoms with E-state index in [0.29, 0.717) is 36.0 Å². The molecule has 4 N–H and O–H groups in total. The summed E-state index contributed by atoms with van der Waals surface area (Å²) < 4.78 is 12.6. The number of anilines is 3. The van der Waals surface area contributed by atoms with E-state index in [2.05, 4.69) is 25.3 Å². The van der Waals surface area contributed by atoms with Crippen LogP contribution < -0.4 is 16.0 Å². The van der Waals surface area contributed by atoms with Crippen molar-refractivity contribution in [3.63, 3.8) is 0 Å². The molecule has 194 valence electrons. The number of carbonyl (C=O) groups is 1. The number of nitrogens with zero attached hydrogens (tertiary/aromatic N) is 6. The van der Waals surface area contributed by atoms with Gasteiger partial charge in [-0.2, -0.15) is 5.10 Å². The third-order valence-corrected chi connectivity index (χ3v) is 6.58. The Morgan fingerprint density at radius 3 is 2.84 bits per heavy atom. The van der Waals surface area contributed by atoms with E-state index >= 15 is 0 Å². The molecule has 12 nitrogen and oxygen atoms in total. The van der Waals surface area contributed by atoms with Crippen LogP contribution in [0.1, 0.15) is 29.0 Å². The molecule has 5 rings (SSSR count). The Morgan fingerprint density at radius 2 is 2.11 bits per heavy atom. The monoisotopic (exact) mass is 506 g/mol. The number of fused-ring (bicyclic) bond motifs is 1. The van der Waals surface area contributed by atoms with Gasteiger partial charge in [-0.1, -0.05) is 0 Å². The van der Waals surface area contributed by atoms with Crippen LogP contribution in [0.4, 0.5) is 17.3 Å². The SMILES string of the molecule is COCCn1nc(C)c2cc(NC(=O)c3coc(-c4ccnc(N)c4)n3)c(N3CCC(CO)CC3)nc21. The van der Waals surface area contributed by atoms with Gasteiger partial charge in [-0.05, 0) is 43.9 Å². The quantitative estimate of drug-likeness (QED) is 0.324. The number of hydrogen-bond acceptors (Lipinski definition) is 10. The minimum atomic E-state index is -0.422. The summed E-state index contributed by atoms with van der Waals surface area (Å²) in [5.41, 5.74) is 8.60. The molecular formula is C25H30N8O4. The molecule has 1 fully saturated rings. The summed E-state index contributed by atoms with van der Waals surface area (Å²) in [4.78, 5) is 28.6. The van der Waals surface area contributed by atoms with Gasteiger partial charge in [-0.15, -0.1) is 0 Å². The van der Waals surface area contributed by atoms with Crippen molar-refractivity contribution in [3.8, 4) is 11.5 Å². The van der Waals surface area contributed by atoms with Crippen molar-refractivity contribution >= 4 is 34.3 Å². The van der Waals surface area contributed by atoms with E-state index in [1.54, 1.807) is 25.4 Å². The van der Waals surface area contributed by atoms with E-state index in [1.165, 1.54) is 6.26 Å². The summed E-state index contributed by atoms with van der Waals surface area (Å²) in [5.74, 6) is 1.10. The van der Waals surface area contributed by atoms with Gasteiger partial charge in [0.15, 0.2) is 17.2 Å². The summed E-state index contributed by atoms with van der Waals surface area (Å²) in [5, 5.41) is 18.0. The Balaban J connectivity index is 1.48. The number of methoxy groups -OCH3 is 1. The molecule has 0 aliphatic carbocycles. The number of nitrogens with one attached hydrogen (secondary N) is 1. The molecule has 0 atom stereocenters. The summed E-state index contributed by atoms with van der Waals surface area (Å²) in [6, 6.07) is 5.24. The number of piperidine rings is 1. The molecule has 5 heterocycles. The van der Waals surface area contributed by atoms with Gasteiger partial charge in [0.25, 0.3) is 5.91 Å². The number of nitrogen functional groups attached to an aromatic ring is 1. The van der Waals surface area contributed by atoms with E-state index in [9.17, 15) is 9.90 Å². The first-order valence-electron chi connectivity index (χ1n) is 12.2. The Hall–Kier alpha value is -4.03. The number of rotatable bonds is 8. The summed E-state index contributed by atoms with van der Waals surface area (Å²) in [7, 11) is 1.65. The molecule has 1 amide bonds. The maximum atomic E-state index is 13.2. The van der Waals surface area contributed by atoms with Gasteiger partial charge < -0.3 is 30.2 Å². The van der Waals surface area contributed by atoms with Crippen LogP contribution in [-0.2, 0) is 11.3 Å². The van der Waals surface area contributed by atoms with Crippen LogP contribution in [0.3, 0.4) is 0 Å². The van der Waals surface area contributed by atoms with E-state index in [4.69, 9.17) is 19.9 Å². The highest BCUT2D eigenvalue weighted by Gasteiger charge is 2.25. The number of ether oxygens (including phenoxy) is 1. The molecule has 4 aromatic heterocycles. The van der Waals surface area contributed by atoms with Gasteiger partial charge in [0.05, 0.1) is 24.5 Å². The predicted octanol–water partition coefficient (Wildman–Crippen LogP) is 2.48. The van der Waals surface area contributed by atoms with Crippen LogP contribution in [0.2, 0.25) is 0 Å². The lowest BCUT2D eigenvalue weighted by Gasteiger charge is -2.33. The third-order valence-electron chi connectivity index (χ3n) is 6.58. The molecule has 0 bridgehead atoms. The zero-order chi connectivity index (χ0) is 25.9. The van der Waals surface area contributed by atoms with E-state index in [-0.39, 0.29) is 24.1 Å². The second-order valence-corrected chi connectivity index (χ2v) is 9.11. The van der Waals surface area contributed by atoms with Gasteiger partial charge in [0.2, 0.25) is 5.89 Å². The van der Waals surface area contributed by atoms with Crippen molar-refractivity contribution in [1.82, 2.24) is 24.7 Å². The molecule has 4 aromatic rings. The van der Waals surface area contributed by atoms with Crippen LogP contribution >= 0.6 is 0 Å². The number of oxazole rings is 1. The summed E-state index contributed by atoms with van der Waals surface area (Å²) in [6.07, 6.45) is 4.55. The largest absolute Gasteiger partial charge is 0.444 e. The molecule has 0 unspecified atom stereocenters. The Labute approximate surface area is 213 Å². The van der Waals surface area contributed by atoms with Gasteiger partial charge >= 0.3 is 0 Å². The average Bonchev–Trinajstić information content (AvgIpc) is 3.52. The number of carbonyl (C=O) groups excluding carboxylic acids is 1. The first-order chi connectivity index (χ1) is 18.0. The Bertz CT molecular complexity index is 1410. The molecule has 37 heavy (non-hydrogen) atoms. The van der Waals surface area contributed by atoms with Crippen molar-refractivity contribution in [1.29, 1.82) is 0 Å². The smallest absolute Gasteiger partial charge is 0.277 e. The first-order valence-corrected chi connectivity index (χ1v) is 12.2. The lowest BCUT2D eigenvalue weighted by Crippen LogP contribution is -2.36. The molecule has 12 heteroatoms. The number of aliphatic hydroxyl groups is 1. The summed E-state index contributed by atoms with van der Waals surface area (Å²) >= 11 is 0. The fraction of sp³-hybridized carbons (Fsp3) is 0.400. The average molecular weight is 507 g/mol. The number of aliphatic hydroxyl groups excluding tert-OH is 1. The number of aryl methyl sites for hydroxylation is 1. The minimum absolute atomic E-state index is 0.128. The third kappa shape index (κ3) is 5.11. The topological polar surface area (TPSA) is 157 Å². The maximum Gasteiger partial charge on any atom is 0.277 e. The van der Waals surface area contributed by atoms with Crippen molar-refractivity contribution in [2.45, 2.75) is 26.3 Å². The molecular weight excluding hydrogens is 476 g/mol. The van der Waals surface area contributed by atoms with Crippen LogP contribution in [-0.4, -0.2) is 69.2 Å². The second kappa shape index (κ2) is 10.5. The fourth-order valence-electron chi connectivity index (χ4n) is 4.51. The molecule has 0 radical (unpaired) electrons. The highest BCUT2D eigenvalue weighted by atomic mass is 16.5.